The zero-order chi connectivity index (χ0) is 17.2. The molecule has 23 heavy (non-hydrogen) atoms. The number of benzene rings is 2. The summed E-state index contributed by atoms with van der Waals surface area (Å²) >= 11 is 0. The molecule has 2 rings (SSSR count). The van der Waals surface area contributed by atoms with Gasteiger partial charge < -0.3 is 0 Å². The first-order valence-electron chi connectivity index (χ1n) is 7.11. The fourth-order valence-corrected chi connectivity index (χ4v) is 3.91. The Morgan fingerprint density at radius 2 is 1.57 bits per heavy atom. The monoisotopic (exact) mass is 334 g/mol. The van der Waals surface area contributed by atoms with Gasteiger partial charge in [0.25, 0.3) is 15.7 Å². The largest absolute Gasteiger partial charge is 0.269 e. The highest BCUT2D eigenvalue weighted by Gasteiger charge is 2.24. The highest BCUT2D eigenvalue weighted by Crippen LogP contribution is 2.26. The Morgan fingerprint density at radius 1 is 1.04 bits per heavy atom. The van der Waals surface area contributed by atoms with Crippen LogP contribution in [0.3, 0.4) is 0 Å². The van der Waals surface area contributed by atoms with Gasteiger partial charge in [0.15, 0.2) is 0 Å². The zero-order valence-corrected chi connectivity index (χ0v) is 14.0. The van der Waals surface area contributed by atoms with Gasteiger partial charge in [-0.15, -0.1) is 0 Å². The van der Waals surface area contributed by atoms with Crippen LogP contribution in [0, 0.1) is 24.0 Å². The van der Waals surface area contributed by atoms with Gasteiger partial charge in [-0.2, -0.15) is 0 Å². The average Bonchev–Trinajstić information content (AvgIpc) is 2.46. The molecular weight excluding hydrogens is 316 g/mol. The van der Waals surface area contributed by atoms with Gasteiger partial charge in [0.05, 0.1) is 15.5 Å². The smallest absolute Gasteiger partial charge is 0.267 e. The number of rotatable bonds is 5. The molecule has 0 saturated heterocycles. The van der Waals surface area contributed by atoms with Gasteiger partial charge in [-0.1, -0.05) is 6.07 Å². The lowest BCUT2D eigenvalue weighted by Crippen LogP contribution is -2.30. The Hall–Kier alpha value is -2.41. The van der Waals surface area contributed by atoms with E-state index in [1.807, 2.05) is 19.9 Å². The number of nitro groups is 1. The van der Waals surface area contributed by atoms with Gasteiger partial charge in [0.1, 0.15) is 0 Å². The molecule has 0 heterocycles. The van der Waals surface area contributed by atoms with E-state index in [0.717, 1.165) is 11.1 Å². The maximum atomic E-state index is 12.8. The lowest BCUT2D eigenvalue weighted by Gasteiger charge is -2.23. The minimum absolute atomic E-state index is 0.0316. The topological polar surface area (TPSA) is 80.5 Å². The second kappa shape index (κ2) is 6.37. The molecule has 0 radical (unpaired) electrons. The van der Waals surface area contributed by atoms with Crippen molar-refractivity contribution in [3.05, 3.63) is 63.7 Å². The van der Waals surface area contributed by atoms with E-state index in [0.29, 0.717) is 5.69 Å². The van der Waals surface area contributed by atoms with E-state index in [-0.39, 0.29) is 17.1 Å². The highest BCUT2D eigenvalue weighted by molar-refractivity contribution is 7.92. The molecule has 0 N–H and O–H groups in total. The van der Waals surface area contributed by atoms with Crippen LogP contribution in [0.25, 0.3) is 0 Å². The van der Waals surface area contributed by atoms with Crippen LogP contribution in [-0.4, -0.2) is 19.9 Å². The third kappa shape index (κ3) is 3.50. The molecule has 0 aliphatic heterocycles. The molecular formula is C16H18N2O4S. The van der Waals surface area contributed by atoms with Crippen LogP contribution in [0.4, 0.5) is 11.4 Å². The molecule has 7 heteroatoms. The fraction of sp³-hybridized carbons (Fsp3) is 0.250. The maximum absolute atomic E-state index is 12.8. The summed E-state index contributed by atoms with van der Waals surface area (Å²) < 4.78 is 26.9. The van der Waals surface area contributed by atoms with E-state index in [9.17, 15) is 18.5 Å². The molecule has 2 aromatic rings. The van der Waals surface area contributed by atoms with Crippen molar-refractivity contribution in [2.75, 3.05) is 10.8 Å². The van der Waals surface area contributed by atoms with Crippen LogP contribution in [0.1, 0.15) is 18.1 Å². The Balaban J connectivity index is 2.48. The standard InChI is InChI=1S/C16H18N2O4S/c1-4-17(15-10-12(2)9-13(3)11-15)23(21,22)16-7-5-14(6-8-16)18(19)20/h5-11H,4H2,1-3H3. The van der Waals surface area contributed by atoms with E-state index in [4.69, 9.17) is 0 Å². The Labute approximate surface area is 135 Å². The lowest BCUT2D eigenvalue weighted by atomic mass is 10.1. The SMILES string of the molecule is CCN(c1cc(C)cc(C)c1)S(=O)(=O)c1ccc([N+](=O)[O-])cc1. The second-order valence-electron chi connectivity index (χ2n) is 5.27. The normalized spacial score (nSPS) is 11.3. The number of aryl methyl sites for hydroxylation is 2. The van der Waals surface area contributed by atoms with Crippen LogP contribution >= 0.6 is 0 Å². The quantitative estimate of drug-likeness (QED) is 0.620. The molecule has 6 nitrogen and oxygen atoms in total. The molecule has 2 aromatic carbocycles. The number of hydrogen-bond donors (Lipinski definition) is 0. The summed E-state index contributed by atoms with van der Waals surface area (Å²) in [6, 6.07) is 10.5. The van der Waals surface area contributed by atoms with Crippen LogP contribution < -0.4 is 4.31 Å². The van der Waals surface area contributed by atoms with E-state index in [1.165, 1.54) is 28.6 Å². The molecule has 0 spiro atoms. The summed E-state index contributed by atoms with van der Waals surface area (Å²) in [5, 5.41) is 10.7. The predicted molar refractivity (Wildman–Crippen MR) is 89.2 cm³/mol. The van der Waals surface area contributed by atoms with Crippen LogP contribution in [0.2, 0.25) is 0 Å². The van der Waals surface area contributed by atoms with E-state index in [2.05, 4.69) is 0 Å². The lowest BCUT2D eigenvalue weighted by molar-refractivity contribution is -0.384. The number of sulfonamides is 1. The molecule has 0 bridgehead atoms. The van der Waals surface area contributed by atoms with Gasteiger partial charge in [-0.25, -0.2) is 8.42 Å². The first-order chi connectivity index (χ1) is 10.8. The molecule has 0 aliphatic rings. The fourth-order valence-electron chi connectivity index (χ4n) is 2.45. The van der Waals surface area contributed by atoms with E-state index in [1.54, 1.807) is 19.1 Å². The molecule has 0 fully saturated rings. The molecule has 0 aliphatic carbocycles. The van der Waals surface area contributed by atoms with Gasteiger partial charge in [0.2, 0.25) is 0 Å². The van der Waals surface area contributed by atoms with Gasteiger partial charge in [-0.05, 0) is 56.2 Å². The summed E-state index contributed by atoms with van der Waals surface area (Å²) in [4.78, 5) is 10.2. The number of hydrogen-bond acceptors (Lipinski definition) is 4. The Bertz CT molecular complexity index is 809. The number of nitro benzene ring substituents is 1. The first-order valence-corrected chi connectivity index (χ1v) is 8.55. The van der Waals surface area contributed by atoms with E-state index < -0.39 is 14.9 Å². The van der Waals surface area contributed by atoms with Crippen molar-refractivity contribution in [3.8, 4) is 0 Å². The molecule has 0 saturated carbocycles. The molecule has 0 amide bonds. The van der Waals surface area contributed by atoms with E-state index >= 15 is 0 Å². The number of nitrogens with zero attached hydrogens (tertiary/aromatic N) is 2. The van der Waals surface area contributed by atoms with Crippen molar-refractivity contribution < 1.29 is 13.3 Å². The summed E-state index contributed by atoms with van der Waals surface area (Å²) in [5.41, 5.74) is 2.39. The predicted octanol–water partition coefficient (Wildman–Crippen LogP) is 3.43. The number of anilines is 1. The third-order valence-corrected chi connectivity index (χ3v) is 5.33. The highest BCUT2D eigenvalue weighted by atomic mass is 32.2. The molecule has 0 atom stereocenters. The van der Waals surface area contributed by atoms with Crippen LogP contribution in [0.15, 0.2) is 47.4 Å². The Morgan fingerprint density at radius 3 is 2.00 bits per heavy atom. The summed E-state index contributed by atoms with van der Waals surface area (Å²) in [5.74, 6) is 0. The van der Waals surface area contributed by atoms with Gasteiger partial charge in [0, 0.05) is 18.7 Å². The van der Waals surface area contributed by atoms with Gasteiger partial charge in [-0.3, -0.25) is 14.4 Å². The van der Waals surface area contributed by atoms with Crippen LogP contribution in [0.5, 0.6) is 0 Å². The first kappa shape index (κ1) is 17.0. The third-order valence-electron chi connectivity index (χ3n) is 3.42. The zero-order valence-electron chi connectivity index (χ0n) is 13.2. The second-order valence-corrected chi connectivity index (χ2v) is 7.13. The van der Waals surface area contributed by atoms with Crippen molar-refractivity contribution in [2.45, 2.75) is 25.7 Å². The molecule has 0 unspecified atom stereocenters. The molecule has 0 aromatic heterocycles. The number of non-ortho nitro benzene ring substituents is 1. The van der Waals surface area contributed by atoms with Crippen molar-refractivity contribution in [2.24, 2.45) is 0 Å². The summed E-state index contributed by atoms with van der Waals surface area (Å²) in [6.07, 6.45) is 0. The summed E-state index contributed by atoms with van der Waals surface area (Å²) in [6.45, 7) is 5.83. The molecule has 122 valence electrons. The average molecular weight is 334 g/mol. The Kier molecular flexibility index (Phi) is 4.70. The van der Waals surface area contributed by atoms with Crippen LogP contribution in [-0.2, 0) is 10.0 Å². The van der Waals surface area contributed by atoms with Crippen molar-refractivity contribution in [1.29, 1.82) is 0 Å². The van der Waals surface area contributed by atoms with Gasteiger partial charge >= 0.3 is 0 Å². The van der Waals surface area contributed by atoms with Crippen molar-refractivity contribution >= 4 is 21.4 Å². The van der Waals surface area contributed by atoms with Crippen molar-refractivity contribution in [3.63, 3.8) is 0 Å². The minimum Gasteiger partial charge on any atom is -0.267 e. The summed E-state index contributed by atoms with van der Waals surface area (Å²) in [7, 11) is -3.77. The maximum Gasteiger partial charge on any atom is 0.269 e. The van der Waals surface area contributed by atoms with Crippen molar-refractivity contribution in [1.82, 2.24) is 0 Å². The minimum atomic E-state index is -3.77.